The Bertz CT molecular complexity index is 526. The lowest BCUT2D eigenvalue weighted by molar-refractivity contribution is -0.106. The molecule has 5 heteroatoms. The molecule has 1 heterocycles. The maximum absolute atomic E-state index is 14.3. The first-order chi connectivity index (χ1) is 9.56. The van der Waals surface area contributed by atoms with Gasteiger partial charge in [-0.2, -0.15) is 0 Å². The number of aldehydes is 1. The van der Waals surface area contributed by atoms with Crippen LogP contribution in [-0.4, -0.2) is 18.2 Å². The Balaban J connectivity index is 2.52. The van der Waals surface area contributed by atoms with Crippen molar-refractivity contribution in [3.63, 3.8) is 0 Å². The Kier molecular flexibility index (Phi) is 4.33. The van der Waals surface area contributed by atoms with Gasteiger partial charge in [0.2, 0.25) is 0 Å². The van der Waals surface area contributed by atoms with Crippen LogP contribution in [0.3, 0.4) is 0 Å². The second kappa shape index (κ2) is 5.83. The molecule has 0 saturated carbocycles. The summed E-state index contributed by atoms with van der Waals surface area (Å²) in [5, 5.41) is 3.52. The van der Waals surface area contributed by atoms with Crippen molar-refractivity contribution in [2.45, 2.75) is 31.8 Å². The molecule has 0 saturated heterocycles. The fourth-order valence-corrected chi connectivity index (χ4v) is 2.97. The van der Waals surface area contributed by atoms with Gasteiger partial charge >= 0.3 is 0 Å². The highest BCUT2D eigenvalue weighted by molar-refractivity contribution is 6.31. The molecule has 0 radical (unpaired) electrons. The van der Waals surface area contributed by atoms with Crippen molar-refractivity contribution in [1.82, 2.24) is 10.2 Å². The lowest BCUT2D eigenvalue weighted by Gasteiger charge is -2.39. The summed E-state index contributed by atoms with van der Waals surface area (Å²) in [6, 6.07) is 4.64. The minimum absolute atomic E-state index is 0.362. The number of likely N-dealkylation sites (N-methyl/N-ethyl adjacent to an activating group) is 1. The van der Waals surface area contributed by atoms with Crippen LogP contribution < -0.4 is 5.32 Å². The molecule has 108 valence electrons. The van der Waals surface area contributed by atoms with E-state index in [2.05, 4.69) is 12.2 Å². The maximum Gasteiger partial charge on any atom is 0.167 e. The van der Waals surface area contributed by atoms with Gasteiger partial charge in [-0.15, -0.1) is 0 Å². The van der Waals surface area contributed by atoms with E-state index in [0.29, 0.717) is 22.7 Å². The van der Waals surface area contributed by atoms with E-state index >= 15 is 0 Å². The predicted octanol–water partition coefficient (Wildman–Crippen LogP) is 3.40. The van der Waals surface area contributed by atoms with E-state index in [4.69, 9.17) is 11.6 Å². The molecule has 1 aliphatic rings. The van der Waals surface area contributed by atoms with Gasteiger partial charge in [0.15, 0.2) is 6.29 Å². The number of nitrogens with zero attached hydrogens (tertiary/aromatic N) is 1. The maximum atomic E-state index is 14.3. The van der Waals surface area contributed by atoms with Gasteiger partial charge in [0.1, 0.15) is 11.5 Å². The molecule has 0 spiro atoms. The molecule has 1 unspecified atom stereocenters. The second-order valence-corrected chi connectivity index (χ2v) is 5.36. The average Bonchev–Trinajstić information content (AvgIpc) is 2.74. The summed E-state index contributed by atoms with van der Waals surface area (Å²) in [6.07, 6.45) is 4.90. The van der Waals surface area contributed by atoms with Crippen LogP contribution in [0.4, 0.5) is 4.39 Å². The van der Waals surface area contributed by atoms with Crippen molar-refractivity contribution >= 4 is 17.9 Å². The minimum atomic E-state index is -0.797. The van der Waals surface area contributed by atoms with Crippen molar-refractivity contribution in [3.8, 4) is 0 Å². The molecule has 0 aliphatic carbocycles. The number of hydrogen-bond acceptors (Lipinski definition) is 3. The molecule has 1 aliphatic heterocycles. The average molecular weight is 297 g/mol. The molecular weight excluding hydrogens is 279 g/mol. The van der Waals surface area contributed by atoms with Gasteiger partial charge in [-0.1, -0.05) is 31.0 Å². The molecule has 0 amide bonds. The highest BCUT2D eigenvalue weighted by atomic mass is 35.5. The standard InChI is InChI=1S/C15H18ClFN2O/c1-3-4-8-15(18-9-11(10-20)19(15)2)14-12(16)6-5-7-13(14)17/h5-7,9-10,18H,3-4,8H2,1-2H3. The normalized spacial score (nSPS) is 21.6. The van der Waals surface area contributed by atoms with Crippen LogP contribution in [0.25, 0.3) is 0 Å². The lowest BCUT2D eigenvalue weighted by Crippen LogP contribution is -2.48. The number of carbonyl (C=O) groups is 1. The van der Waals surface area contributed by atoms with E-state index in [9.17, 15) is 9.18 Å². The van der Waals surface area contributed by atoms with Gasteiger partial charge in [-0.05, 0) is 25.0 Å². The molecule has 20 heavy (non-hydrogen) atoms. The Hall–Kier alpha value is -1.55. The van der Waals surface area contributed by atoms with Gasteiger partial charge < -0.3 is 10.2 Å². The van der Waals surface area contributed by atoms with Crippen molar-refractivity contribution in [3.05, 3.63) is 46.5 Å². The first-order valence-electron chi connectivity index (χ1n) is 6.68. The van der Waals surface area contributed by atoms with E-state index in [1.54, 1.807) is 30.3 Å². The Morgan fingerprint density at radius 3 is 2.80 bits per heavy atom. The van der Waals surface area contributed by atoms with Crippen molar-refractivity contribution < 1.29 is 9.18 Å². The zero-order chi connectivity index (χ0) is 14.8. The highest BCUT2D eigenvalue weighted by Crippen LogP contribution is 2.40. The number of carbonyl (C=O) groups excluding carboxylic acids is 1. The third-order valence-corrected chi connectivity index (χ3v) is 4.12. The summed E-state index contributed by atoms with van der Waals surface area (Å²) >= 11 is 6.22. The Labute approximate surface area is 123 Å². The Morgan fingerprint density at radius 2 is 2.25 bits per heavy atom. The largest absolute Gasteiger partial charge is 0.363 e. The zero-order valence-electron chi connectivity index (χ0n) is 11.6. The number of halogens is 2. The van der Waals surface area contributed by atoms with Gasteiger partial charge in [-0.3, -0.25) is 4.79 Å². The Morgan fingerprint density at radius 1 is 1.50 bits per heavy atom. The zero-order valence-corrected chi connectivity index (χ0v) is 12.4. The summed E-state index contributed by atoms with van der Waals surface area (Å²) in [4.78, 5) is 12.9. The minimum Gasteiger partial charge on any atom is -0.363 e. The van der Waals surface area contributed by atoms with Gasteiger partial charge in [0.25, 0.3) is 0 Å². The third kappa shape index (κ3) is 2.29. The highest BCUT2D eigenvalue weighted by Gasteiger charge is 2.43. The molecule has 0 fully saturated rings. The summed E-state index contributed by atoms with van der Waals surface area (Å²) in [7, 11) is 1.78. The summed E-state index contributed by atoms with van der Waals surface area (Å²) in [6.45, 7) is 2.07. The quantitative estimate of drug-likeness (QED) is 0.845. The lowest BCUT2D eigenvalue weighted by atomic mass is 9.92. The molecule has 1 N–H and O–H groups in total. The summed E-state index contributed by atoms with van der Waals surface area (Å²) in [5.74, 6) is -0.367. The van der Waals surface area contributed by atoms with Gasteiger partial charge in [0.05, 0.1) is 16.3 Å². The fourth-order valence-electron chi connectivity index (χ4n) is 2.65. The van der Waals surface area contributed by atoms with Crippen molar-refractivity contribution in [2.75, 3.05) is 7.05 Å². The van der Waals surface area contributed by atoms with Crippen molar-refractivity contribution in [1.29, 1.82) is 0 Å². The number of rotatable bonds is 5. The first-order valence-corrected chi connectivity index (χ1v) is 7.06. The smallest absolute Gasteiger partial charge is 0.167 e. The van der Waals surface area contributed by atoms with Gasteiger partial charge in [-0.25, -0.2) is 4.39 Å². The van der Waals surface area contributed by atoms with Crippen LogP contribution >= 0.6 is 11.6 Å². The van der Waals surface area contributed by atoms with Crippen LogP contribution in [0.2, 0.25) is 5.02 Å². The predicted molar refractivity (Wildman–Crippen MR) is 77.7 cm³/mol. The monoisotopic (exact) mass is 296 g/mol. The topological polar surface area (TPSA) is 32.3 Å². The van der Waals surface area contributed by atoms with E-state index in [-0.39, 0.29) is 5.82 Å². The third-order valence-electron chi connectivity index (χ3n) is 3.81. The van der Waals surface area contributed by atoms with E-state index in [1.165, 1.54) is 6.07 Å². The van der Waals surface area contributed by atoms with Crippen LogP contribution in [0, 0.1) is 5.82 Å². The second-order valence-electron chi connectivity index (χ2n) is 4.95. The number of unbranched alkanes of at least 4 members (excludes halogenated alkanes) is 1. The number of hydrogen-bond donors (Lipinski definition) is 1. The van der Waals surface area contributed by atoms with E-state index in [0.717, 1.165) is 19.1 Å². The molecule has 1 atom stereocenters. The molecule has 2 rings (SSSR count). The fraction of sp³-hybridized carbons (Fsp3) is 0.400. The molecule has 3 nitrogen and oxygen atoms in total. The van der Waals surface area contributed by atoms with Gasteiger partial charge in [0, 0.05) is 13.2 Å². The van der Waals surface area contributed by atoms with E-state index < -0.39 is 5.66 Å². The van der Waals surface area contributed by atoms with E-state index in [1.807, 2.05) is 0 Å². The molecule has 0 aromatic heterocycles. The number of allylic oxidation sites excluding steroid dienone is 1. The molecule has 0 bridgehead atoms. The number of nitrogens with one attached hydrogen (secondary N) is 1. The molecular formula is C15H18ClFN2O. The summed E-state index contributed by atoms with van der Waals surface area (Å²) in [5.41, 5.74) is 0.0837. The summed E-state index contributed by atoms with van der Waals surface area (Å²) < 4.78 is 14.3. The van der Waals surface area contributed by atoms with Crippen LogP contribution in [0.5, 0.6) is 0 Å². The van der Waals surface area contributed by atoms with Crippen LogP contribution in [-0.2, 0) is 10.5 Å². The SMILES string of the molecule is CCCCC1(c2c(F)cccc2Cl)NC=C(C=O)N1C. The van der Waals surface area contributed by atoms with Crippen molar-refractivity contribution in [2.24, 2.45) is 0 Å². The molecule has 1 aromatic rings. The van der Waals surface area contributed by atoms with Crippen LogP contribution in [0.1, 0.15) is 31.7 Å². The first kappa shape index (κ1) is 14.9. The molecule has 1 aromatic carbocycles. The van der Waals surface area contributed by atoms with Crippen LogP contribution in [0.15, 0.2) is 30.1 Å². The number of benzene rings is 1.